The third-order valence-corrected chi connectivity index (χ3v) is 4.52. The molecule has 0 atom stereocenters. The number of hydrogen-bond donors (Lipinski definition) is 1. The molecule has 0 spiro atoms. The van der Waals surface area contributed by atoms with Gasteiger partial charge in [0.05, 0.1) is 12.3 Å². The topological polar surface area (TPSA) is 23.5 Å². The number of rotatable bonds is 6. The van der Waals surface area contributed by atoms with Crippen LogP contribution in [0.15, 0.2) is 22.7 Å². The lowest BCUT2D eigenvalue weighted by Crippen LogP contribution is -2.28. The van der Waals surface area contributed by atoms with Crippen molar-refractivity contribution in [3.05, 3.63) is 28.2 Å². The second-order valence-electron chi connectivity index (χ2n) is 5.74. The molecule has 0 bridgehead atoms. The fraction of sp³-hybridized carbons (Fsp3) is 0.600. The molecule has 0 amide bonds. The van der Waals surface area contributed by atoms with Crippen molar-refractivity contribution in [3.63, 3.8) is 0 Å². The average molecular weight is 310 g/mol. The van der Waals surface area contributed by atoms with Crippen LogP contribution < -0.4 is 4.90 Å². The van der Waals surface area contributed by atoms with Gasteiger partial charge in [0.1, 0.15) is 0 Å². The molecule has 0 aliphatic heterocycles. The molecule has 3 rings (SSSR count). The average Bonchev–Trinajstić information content (AvgIpc) is 3.23. The van der Waals surface area contributed by atoms with Crippen molar-refractivity contribution in [3.8, 4) is 0 Å². The van der Waals surface area contributed by atoms with Gasteiger partial charge in [-0.1, -0.05) is 6.07 Å². The Balaban J connectivity index is 1.77. The first-order valence-electron chi connectivity index (χ1n) is 6.90. The van der Waals surface area contributed by atoms with Crippen molar-refractivity contribution < 1.29 is 5.11 Å². The minimum atomic E-state index is 0.115. The molecule has 1 aromatic rings. The largest absolute Gasteiger partial charge is 0.392 e. The Morgan fingerprint density at radius 3 is 2.17 bits per heavy atom. The van der Waals surface area contributed by atoms with Crippen LogP contribution in [0.3, 0.4) is 0 Å². The van der Waals surface area contributed by atoms with Gasteiger partial charge in [0.2, 0.25) is 0 Å². The fourth-order valence-electron chi connectivity index (χ4n) is 2.40. The van der Waals surface area contributed by atoms with E-state index < -0.39 is 0 Å². The molecule has 0 unspecified atom stereocenters. The Labute approximate surface area is 117 Å². The van der Waals surface area contributed by atoms with Gasteiger partial charge in [-0.3, -0.25) is 0 Å². The Morgan fingerprint density at radius 2 is 1.72 bits per heavy atom. The molecule has 1 N–H and O–H groups in total. The molecular formula is C15H20BrNO. The van der Waals surface area contributed by atoms with Crippen LogP contribution >= 0.6 is 15.9 Å². The van der Waals surface area contributed by atoms with E-state index in [9.17, 15) is 0 Å². The van der Waals surface area contributed by atoms with Crippen LogP contribution in [0.5, 0.6) is 0 Å². The number of anilines is 1. The summed E-state index contributed by atoms with van der Waals surface area (Å²) in [5.74, 6) is 1.82. The Hall–Kier alpha value is -0.540. The molecular weight excluding hydrogens is 290 g/mol. The molecule has 0 aromatic heterocycles. The summed E-state index contributed by atoms with van der Waals surface area (Å²) < 4.78 is 1.12. The second kappa shape index (κ2) is 5.22. The van der Waals surface area contributed by atoms with E-state index >= 15 is 0 Å². The summed E-state index contributed by atoms with van der Waals surface area (Å²) in [7, 11) is 0. The lowest BCUT2D eigenvalue weighted by atomic mass is 10.2. The lowest BCUT2D eigenvalue weighted by Gasteiger charge is -2.26. The predicted molar refractivity (Wildman–Crippen MR) is 77.7 cm³/mol. The van der Waals surface area contributed by atoms with Crippen LogP contribution in [0.1, 0.15) is 31.2 Å². The Kier molecular flexibility index (Phi) is 3.62. The SMILES string of the molecule is OCc1ccc(N(CC2CC2)CC2CC2)c(Br)c1. The predicted octanol–water partition coefficient (Wildman–Crippen LogP) is 3.57. The summed E-state index contributed by atoms with van der Waals surface area (Å²) >= 11 is 3.66. The highest BCUT2D eigenvalue weighted by Gasteiger charge is 2.29. The monoisotopic (exact) mass is 309 g/mol. The van der Waals surface area contributed by atoms with Crippen molar-refractivity contribution in [2.24, 2.45) is 11.8 Å². The van der Waals surface area contributed by atoms with Gasteiger partial charge in [-0.15, -0.1) is 0 Å². The standard InChI is InChI=1S/C15H20BrNO/c16-14-7-13(10-18)5-6-15(14)17(8-11-1-2-11)9-12-3-4-12/h5-7,11-12,18H,1-4,8-10H2. The molecule has 98 valence electrons. The van der Waals surface area contributed by atoms with Gasteiger partial charge in [-0.05, 0) is 71.1 Å². The zero-order chi connectivity index (χ0) is 12.5. The molecule has 1 aromatic carbocycles. The van der Waals surface area contributed by atoms with Gasteiger partial charge in [0, 0.05) is 17.6 Å². The van der Waals surface area contributed by atoms with Crippen molar-refractivity contribution in [1.82, 2.24) is 0 Å². The molecule has 0 heterocycles. The van der Waals surface area contributed by atoms with Crippen molar-refractivity contribution >= 4 is 21.6 Å². The maximum absolute atomic E-state index is 9.17. The lowest BCUT2D eigenvalue weighted by molar-refractivity contribution is 0.282. The normalized spacial score (nSPS) is 19.0. The van der Waals surface area contributed by atoms with E-state index in [1.54, 1.807) is 0 Å². The molecule has 2 aliphatic rings. The molecule has 3 heteroatoms. The van der Waals surface area contributed by atoms with Crippen LogP contribution in [0.25, 0.3) is 0 Å². The smallest absolute Gasteiger partial charge is 0.0682 e. The van der Waals surface area contributed by atoms with Crippen LogP contribution in [0.2, 0.25) is 0 Å². The Morgan fingerprint density at radius 1 is 1.11 bits per heavy atom. The number of aliphatic hydroxyl groups excluding tert-OH is 1. The zero-order valence-electron chi connectivity index (χ0n) is 10.6. The number of benzene rings is 1. The summed E-state index contributed by atoms with van der Waals surface area (Å²) in [5, 5.41) is 9.17. The Bertz CT molecular complexity index is 413. The second-order valence-corrected chi connectivity index (χ2v) is 6.59. The van der Waals surface area contributed by atoms with E-state index in [-0.39, 0.29) is 6.61 Å². The van der Waals surface area contributed by atoms with Gasteiger partial charge in [-0.25, -0.2) is 0 Å². The minimum Gasteiger partial charge on any atom is -0.392 e. The van der Waals surface area contributed by atoms with E-state index in [0.717, 1.165) is 21.9 Å². The number of nitrogens with zero attached hydrogens (tertiary/aromatic N) is 1. The summed E-state index contributed by atoms with van der Waals surface area (Å²) in [6.45, 7) is 2.52. The highest BCUT2D eigenvalue weighted by atomic mass is 79.9. The van der Waals surface area contributed by atoms with Gasteiger partial charge in [0.25, 0.3) is 0 Å². The fourth-order valence-corrected chi connectivity index (χ4v) is 3.08. The van der Waals surface area contributed by atoms with E-state index in [0.29, 0.717) is 0 Å². The van der Waals surface area contributed by atoms with E-state index in [4.69, 9.17) is 5.11 Å². The zero-order valence-corrected chi connectivity index (χ0v) is 12.2. The molecule has 18 heavy (non-hydrogen) atoms. The molecule has 0 radical (unpaired) electrons. The minimum absolute atomic E-state index is 0.115. The van der Waals surface area contributed by atoms with Gasteiger partial charge in [-0.2, -0.15) is 0 Å². The number of hydrogen-bond acceptors (Lipinski definition) is 2. The van der Waals surface area contributed by atoms with E-state index in [1.165, 1.54) is 44.5 Å². The van der Waals surface area contributed by atoms with Crippen LogP contribution in [0, 0.1) is 11.8 Å². The molecule has 2 aliphatic carbocycles. The quantitative estimate of drug-likeness (QED) is 0.868. The highest BCUT2D eigenvalue weighted by Crippen LogP contribution is 2.38. The van der Waals surface area contributed by atoms with Crippen molar-refractivity contribution in [2.75, 3.05) is 18.0 Å². The van der Waals surface area contributed by atoms with Crippen molar-refractivity contribution in [1.29, 1.82) is 0 Å². The highest BCUT2D eigenvalue weighted by molar-refractivity contribution is 9.10. The van der Waals surface area contributed by atoms with Crippen LogP contribution in [0.4, 0.5) is 5.69 Å². The van der Waals surface area contributed by atoms with Gasteiger partial charge < -0.3 is 10.0 Å². The summed E-state index contributed by atoms with van der Waals surface area (Å²) in [6.07, 6.45) is 5.59. The molecule has 2 nitrogen and oxygen atoms in total. The third-order valence-electron chi connectivity index (χ3n) is 3.89. The third kappa shape index (κ3) is 3.07. The molecule has 0 saturated heterocycles. The van der Waals surface area contributed by atoms with Crippen molar-refractivity contribution in [2.45, 2.75) is 32.3 Å². The van der Waals surface area contributed by atoms with Crippen LogP contribution in [-0.2, 0) is 6.61 Å². The van der Waals surface area contributed by atoms with E-state index in [2.05, 4.69) is 26.9 Å². The number of halogens is 1. The summed E-state index contributed by atoms with van der Waals surface area (Å²) in [4.78, 5) is 2.54. The summed E-state index contributed by atoms with van der Waals surface area (Å²) in [5.41, 5.74) is 2.27. The van der Waals surface area contributed by atoms with Gasteiger partial charge >= 0.3 is 0 Å². The summed E-state index contributed by atoms with van der Waals surface area (Å²) in [6, 6.07) is 6.23. The maximum Gasteiger partial charge on any atom is 0.0682 e. The van der Waals surface area contributed by atoms with E-state index in [1.807, 2.05) is 12.1 Å². The van der Waals surface area contributed by atoms with Crippen LogP contribution in [-0.4, -0.2) is 18.2 Å². The maximum atomic E-state index is 9.17. The van der Waals surface area contributed by atoms with Gasteiger partial charge in [0.15, 0.2) is 0 Å². The first kappa shape index (κ1) is 12.5. The molecule has 2 saturated carbocycles. The first-order valence-corrected chi connectivity index (χ1v) is 7.70. The molecule has 2 fully saturated rings. The number of aliphatic hydroxyl groups is 1. The first-order chi connectivity index (χ1) is 8.76.